The van der Waals surface area contributed by atoms with E-state index in [-0.39, 0.29) is 25.4 Å². The van der Waals surface area contributed by atoms with Crippen molar-refractivity contribution in [2.45, 2.75) is 26.8 Å². The molecule has 0 aliphatic heterocycles. The quantitative estimate of drug-likeness (QED) is 0.782. The molecule has 0 saturated heterocycles. The van der Waals surface area contributed by atoms with E-state index in [2.05, 4.69) is 5.32 Å². The second-order valence-electron chi connectivity index (χ2n) is 5.12. The topological polar surface area (TPSA) is 79.6 Å². The van der Waals surface area contributed by atoms with Gasteiger partial charge in [-0.15, -0.1) is 0 Å². The molecule has 0 aliphatic rings. The van der Waals surface area contributed by atoms with Gasteiger partial charge in [0.15, 0.2) is 0 Å². The summed E-state index contributed by atoms with van der Waals surface area (Å²) in [6.45, 7) is 4.88. The van der Waals surface area contributed by atoms with Gasteiger partial charge in [-0.05, 0) is 18.1 Å². The zero-order chi connectivity index (χ0) is 15.2. The Kier molecular flexibility index (Phi) is 6.22. The maximum Gasteiger partial charge on any atom is 0.221 e. The van der Waals surface area contributed by atoms with Crippen LogP contribution in [-0.2, 0) is 21.4 Å². The van der Waals surface area contributed by atoms with E-state index in [0.29, 0.717) is 18.2 Å². The van der Waals surface area contributed by atoms with Gasteiger partial charge in [-0.25, -0.2) is 8.42 Å². The van der Waals surface area contributed by atoms with Crippen LogP contribution in [0.25, 0.3) is 0 Å². The fraction of sp³-hybridized carbons (Fsp3) is 0.615. The van der Waals surface area contributed by atoms with Gasteiger partial charge in [0.2, 0.25) is 15.9 Å². The van der Waals surface area contributed by atoms with Crippen molar-refractivity contribution in [3.63, 3.8) is 0 Å². The Morgan fingerprint density at radius 3 is 2.65 bits per heavy atom. The molecule has 1 aromatic heterocycles. The van der Waals surface area contributed by atoms with Crippen LogP contribution in [0, 0.1) is 5.92 Å². The Balaban J connectivity index is 2.52. The first kappa shape index (κ1) is 16.7. The van der Waals surface area contributed by atoms with E-state index < -0.39 is 10.0 Å². The third kappa shape index (κ3) is 6.21. The average Bonchev–Trinajstić information content (AvgIpc) is 2.83. The molecule has 0 saturated carbocycles. The van der Waals surface area contributed by atoms with E-state index in [1.54, 1.807) is 12.1 Å². The highest BCUT2D eigenvalue weighted by atomic mass is 32.2. The molecule has 7 heteroatoms. The van der Waals surface area contributed by atoms with Crippen LogP contribution in [0.2, 0.25) is 0 Å². The molecule has 0 spiro atoms. The molecule has 0 aromatic carbocycles. The molecule has 0 aliphatic carbocycles. The van der Waals surface area contributed by atoms with Gasteiger partial charge >= 0.3 is 0 Å². The largest absolute Gasteiger partial charge is 0.468 e. The summed E-state index contributed by atoms with van der Waals surface area (Å²) in [6.07, 6.45) is 2.76. The number of hydrogen-bond donors (Lipinski definition) is 1. The van der Waals surface area contributed by atoms with E-state index >= 15 is 0 Å². The smallest absolute Gasteiger partial charge is 0.221 e. The normalized spacial score (nSPS) is 12.1. The third-order valence-corrected chi connectivity index (χ3v) is 3.93. The van der Waals surface area contributed by atoms with E-state index in [1.165, 1.54) is 10.6 Å². The minimum Gasteiger partial charge on any atom is -0.468 e. The molecule has 1 N–H and O–H groups in total. The molecule has 1 aromatic rings. The molecule has 1 heterocycles. The van der Waals surface area contributed by atoms with Crippen LogP contribution >= 0.6 is 0 Å². The van der Waals surface area contributed by atoms with Crippen LogP contribution in [0.3, 0.4) is 0 Å². The Morgan fingerprint density at radius 2 is 2.15 bits per heavy atom. The van der Waals surface area contributed by atoms with Crippen molar-refractivity contribution in [1.29, 1.82) is 0 Å². The molecule has 1 rings (SSSR count). The second kappa shape index (κ2) is 7.44. The molecular formula is C13H22N2O4S. The number of hydrogen-bond acceptors (Lipinski definition) is 4. The fourth-order valence-electron chi connectivity index (χ4n) is 1.57. The van der Waals surface area contributed by atoms with Crippen molar-refractivity contribution < 1.29 is 17.6 Å². The van der Waals surface area contributed by atoms with Crippen LogP contribution in [0.15, 0.2) is 22.8 Å². The first-order chi connectivity index (χ1) is 9.29. The molecule has 6 nitrogen and oxygen atoms in total. The standard InChI is InChI=1S/C13H22N2O4S/c1-11(2)9-14-13(16)6-7-15(20(3,17)18)10-12-5-4-8-19-12/h4-5,8,11H,6-7,9-10H2,1-3H3,(H,14,16). The number of nitrogens with one attached hydrogen (secondary N) is 1. The monoisotopic (exact) mass is 302 g/mol. The van der Waals surface area contributed by atoms with Crippen LogP contribution < -0.4 is 5.32 Å². The van der Waals surface area contributed by atoms with Crippen LogP contribution in [0.1, 0.15) is 26.0 Å². The molecule has 0 atom stereocenters. The zero-order valence-electron chi connectivity index (χ0n) is 12.1. The average molecular weight is 302 g/mol. The summed E-state index contributed by atoms with van der Waals surface area (Å²) in [5, 5.41) is 2.76. The first-order valence-electron chi connectivity index (χ1n) is 6.53. The summed E-state index contributed by atoms with van der Waals surface area (Å²) in [6, 6.07) is 3.40. The van der Waals surface area contributed by atoms with Crippen molar-refractivity contribution in [2.24, 2.45) is 5.92 Å². The van der Waals surface area contributed by atoms with Gasteiger partial charge in [-0.1, -0.05) is 13.8 Å². The van der Waals surface area contributed by atoms with Gasteiger partial charge in [0.05, 0.1) is 19.1 Å². The summed E-state index contributed by atoms with van der Waals surface area (Å²) >= 11 is 0. The van der Waals surface area contributed by atoms with Crippen molar-refractivity contribution in [1.82, 2.24) is 9.62 Å². The van der Waals surface area contributed by atoms with Gasteiger partial charge < -0.3 is 9.73 Å². The lowest BCUT2D eigenvalue weighted by atomic mass is 10.2. The highest BCUT2D eigenvalue weighted by molar-refractivity contribution is 7.88. The summed E-state index contributed by atoms with van der Waals surface area (Å²) in [4.78, 5) is 11.6. The van der Waals surface area contributed by atoms with Gasteiger partial charge in [-0.3, -0.25) is 4.79 Å². The summed E-state index contributed by atoms with van der Waals surface area (Å²) in [5.74, 6) is 0.776. The van der Waals surface area contributed by atoms with Crippen molar-refractivity contribution in [3.8, 4) is 0 Å². The van der Waals surface area contributed by atoms with E-state index in [1.807, 2.05) is 13.8 Å². The SMILES string of the molecule is CC(C)CNC(=O)CCN(Cc1ccco1)S(C)(=O)=O. The minimum atomic E-state index is -3.37. The van der Waals surface area contributed by atoms with Gasteiger partial charge in [-0.2, -0.15) is 4.31 Å². The van der Waals surface area contributed by atoms with Gasteiger partial charge in [0.1, 0.15) is 5.76 Å². The summed E-state index contributed by atoms with van der Waals surface area (Å²) in [7, 11) is -3.37. The zero-order valence-corrected chi connectivity index (χ0v) is 12.9. The highest BCUT2D eigenvalue weighted by Gasteiger charge is 2.19. The highest BCUT2D eigenvalue weighted by Crippen LogP contribution is 2.09. The molecule has 0 radical (unpaired) electrons. The number of sulfonamides is 1. The lowest BCUT2D eigenvalue weighted by molar-refractivity contribution is -0.121. The lowest BCUT2D eigenvalue weighted by Crippen LogP contribution is -2.35. The van der Waals surface area contributed by atoms with Gasteiger partial charge in [0, 0.05) is 19.5 Å². The number of amides is 1. The van der Waals surface area contributed by atoms with Crippen LogP contribution in [-0.4, -0.2) is 38.0 Å². The molecule has 114 valence electrons. The molecular weight excluding hydrogens is 280 g/mol. The third-order valence-electron chi connectivity index (χ3n) is 2.68. The lowest BCUT2D eigenvalue weighted by Gasteiger charge is -2.18. The number of nitrogens with zero attached hydrogens (tertiary/aromatic N) is 1. The van der Waals surface area contributed by atoms with Gasteiger partial charge in [0.25, 0.3) is 0 Å². The number of furan rings is 1. The van der Waals surface area contributed by atoms with Crippen molar-refractivity contribution in [2.75, 3.05) is 19.3 Å². The minimum absolute atomic E-state index is 0.139. The maximum absolute atomic E-state index is 11.7. The Hall–Kier alpha value is -1.34. The number of carbonyl (C=O) groups is 1. The van der Waals surface area contributed by atoms with E-state index in [9.17, 15) is 13.2 Å². The molecule has 1 amide bonds. The number of carbonyl (C=O) groups excluding carboxylic acids is 1. The molecule has 0 unspecified atom stereocenters. The Labute approximate surface area is 120 Å². The second-order valence-corrected chi connectivity index (χ2v) is 7.11. The first-order valence-corrected chi connectivity index (χ1v) is 8.38. The Bertz CT molecular complexity index is 508. The fourth-order valence-corrected chi connectivity index (χ4v) is 2.36. The summed E-state index contributed by atoms with van der Waals surface area (Å²) < 4.78 is 29.8. The molecule has 0 bridgehead atoms. The van der Waals surface area contributed by atoms with E-state index in [4.69, 9.17) is 4.42 Å². The van der Waals surface area contributed by atoms with Crippen molar-refractivity contribution in [3.05, 3.63) is 24.2 Å². The van der Waals surface area contributed by atoms with Crippen LogP contribution in [0.4, 0.5) is 0 Å². The van der Waals surface area contributed by atoms with Crippen LogP contribution in [0.5, 0.6) is 0 Å². The molecule has 20 heavy (non-hydrogen) atoms. The predicted octanol–water partition coefficient (Wildman–Crippen LogP) is 1.20. The van der Waals surface area contributed by atoms with E-state index in [0.717, 1.165) is 6.26 Å². The maximum atomic E-state index is 11.7. The predicted molar refractivity (Wildman–Crippen MR) is 76.4 cm³/mol. The number of rotatable bonds is 8. The van der Waals surface area contributed by atoms with Crippen molar-refractivity contribution >= 4 is 15.9 Å². The Morgan fingerprint density at radius 1 is 1.45 bits per heavy atom. The summed E-state index contributed by atoms with van der Waals surface area (Å²) in [5.41, 5.74) is 0. The molecule has 0 fully saturated rings.